The lowest BCUT2D eigenvalue weighted by atomic mass is 9.95. The van der Waals surface area contributed by atoms with Crippen LogP contribution in [0.5, 0.6) is 0 Å². The largest absolute Gasteiger partial charge is 0.353 e. The number of aromatic nitrogens is 2. The zero-order valence-corrected chi connectivity index (χ0v) is 16.6. The van der Waals surface area contributed by atoms with E-state index in [0.29, 0.717) is 0 Å². The molecule has 0 atom stereocenters. The van der Waals surface area contributed by atoms with Crippen molar-refractivity contribution in [2.45, 2.75) is 6.92 Å². The molecular formula is C26H17ClN2. The van der Waals surface area contributed by atoms with Crippen molar-refractivity contribution in [3.63, 3.8) is 0 Å². The summed E-state index contributed by atoms with van der Waals surface area (Å²) < 4.78 is 0. The molecule has 138 valence electrons. The highest BCUT2D eigenvalue weighted by atomic mass is 35.5. The Morgan fingerprint density at radius 3 is 2.38 bits per heavy atom. The average Bonchev–Trinajstić information content (AvgIpc) is 3.13. The van der Waals surface area contributed by atoms with Crippen molar-refractivity contribution in [2.24, 2.45) is 0 Å². The van der Waals surface area contributed by atoms with Crippen molar-refractivity contribution in [3.05, 3.63) is 89.4 Å². The minimum Gasteiger partial charge on any atom is -0.353 e. The minimum atomic E-state index is 0.733. The molecule has 2 heterocycles. The summed E-state index contributed by atoms with van der Waals surface area (Å²) in [5.74, 6) is 0. The molecule has 6 aromatic rings. The lowest BCUT2D eigenvalue weighted by molar-refractivity contribution is 1.44. The van der Waals surface area contributed by atoms with Crippen molar-refractivity contribution in [1.29, 1.82) is 0 Å². The lowest BCUT2D eigenvalue weighted by Gasteiger charge is -2.13. The number of aromatic amines is 1. The van der Waals surface area contributed by atoms with E-state index in [1.807, 2.05) is 18.2 Å². The summed E-state index contributed by atoms with van der Waals surface area (Å²) in [7, 11) is 0. The van der Waals surface area contributed by atoms with E-state index >= 15 is 0 Å². The second-order valence-electron chi connectivity index (χ2n) is 7.52. The molecule has 0 radical (unpaired) electrons. The van der Waals surface area contributed by atoms with Crippen LogP contribution in [-0.4, -0.2) is 9.97 Å². The van der Waals surface area contributed by atoms with E-state index in [-0.39, 0.29) is 0 Å². The first-order chi connectivity index (χ1) is 14.2. The normalized spacial score (nSPS) is 11.8. The van der Waals surface area contributed by atoms with Crippen LogP contribution in [0.2, 0.25) is 5.02 Å². The second-order valence-corrected chi connectivity index (χ2v) is 7.96. The van der Waals surface area contributed by atoms with Gasteiger partial charge in [0.2, 0.25) is 0 Å². The van der Waals surface area contributed by atoms with Gasteiger partial charge in [-0.25, -0.2) is 4.98 Å². The Morgan fingerprint density at radius 2 is 1.52 bits per heavy atom. The van der Waals surface area contributed by atoms with Crippen LogP contribution in [0.3, 0.4) is 0 Å². The Bertz CT molecular complexity index is 1560. The van der Waals surface area contributed by atoms with E-state index in [2.05, 4.69) is 72.6 Å². The predicted molar refractivity (Wildman–Crippen MR) is 124 cm³/mol. The number of aryl methyl sites for hydroxylation is 1. The third-order valence-electron chi connectivity index (χ3n) is 5.77. The van der Waals surface area contributed by atoms with E-state index < -0.39 is 0 Å². The van der Waals surface area contributed by atoms with Crippen LogP contribution in [0.4, 0.5) is 0 Å². The summed E-state index contributed by atoms with van der Waals surface area (Å²) in [6, 6.07) is 27.3. The fraction of sp³-hybridized carbons (Fsp3) is 0.0385. The number of para-hydroxylation sites is 1. The molecule has 0 bridgehead atoms. The minimum absolute atomic E-state index is 0.733. The maximum atomic E-state index is 6.37. The van der Waals surface area contributed by atoms with Crippen LogP contribution in [0.15, 0.2) is 78.9 Å². The highest BCUT2D eigenvalue weighted by Crippen LogP contribution is 2.39. The van der Waals surface area contributed by atoms with Crippen LogP contribution < -0.4 is 0 Å². The first-order valence-corrected chi connectivity index (χ1v) is 10.1. The molecule has 0 spiro atoms. The van der Waals surface area contributed by atoms with Crippen LogP contribution in [0.1, 0.15) is 5.56 Å². The SMILES string of the molecule is Cc1cccc2c1nc1c2ccc2c(-c3ccccc3)c3cc(Cl)ccc3[nH]c21. The topological polar surface area (TPSA) is 28.7 Å². The first-order valence-electron chi connectivity index (χ1n) is 9.69. The summed E-state index contributed by atoms with van der Waals surface area (Å²) >= 11 is 6.37. The molecule has 4 aromatic carbocycles. The van der Waals surface area contributed by atoms with Gasteiger partial charge in [-0.1, -0.05) is 72.3 Å². The van der Waals surface area contributed by atoms with Gasteiger partial charge in [-0.05, 0) is 36.2 Å². The fourth-order valence-electron chi connectivity index (χ4n) is 4.42. The number of pyridine rings is 1. The third-order valence-corrected chi connectivity index (χ3v) is 6.01. The fourth-order valence-corrected chi connectivity index (χ4v) is 4.60. The Labute approximate surface area is 172 Å². The van der Waals surface area contributed by atoms with Gasteiger partial charge in [0.25, 0.3) is 0 Å². The van der Waals surface area contributed by atoms with Crippen molar-refractivity contribution in [3.8, 4) is 11.1 Å². The highest BCUT2D eigenvalue weighted by molar-refractivity contribution is 6.32. The number of halogens is 1. The van der Waals surface area contributed by atoms with Gasteiger partial charge in [0.15, 0.2) is 0 Å². The lowest BCUT2D eigenvalue weighted by Crippen LogP contribution is -1.90. The molecule has 0 aliphatic heterocycles. The molecular weight excluding hydrogens is 376 g/mol. The van der Waals surface area contributed by atoms with E-state index in [9.17, 15) is 0 Å². The van der Waals surface area contributed by atoms with E-state index in [1.165, 1.54) is 27.5 Å². The standard InChI is InChI=1S/C26H17ClN2/c1-15-6-5-9-18-19-11-12-20-23(16-7-3-2-4-8-16)21-14-17(27)10-13-22(21)28-26(20)25(19)29-24(15)18/h2-14,28H,1H3. The van der Waals surface area contributed by atoms with Gasteiger partial charge in [0.1, 0.15) is 0 Å². The van der Waals surface area contributed by atoms with Crippen LogP contribution >= 0.6 is 11.6 Å². The number of fused-ring (bicyclic) bond motifs is 6. The van der Waals surface area contributed by atoms with Gasteiger partial charge >= 0.3 is 0 Å². The zero-order valence-electron chi connectivity index (χ0n) is 15.8. The van der Waals surface area contributed by atoms with Gasteiger partial charge in [0.05, 0.1) is 16.6 Å². The quantitative estimate of drug-likeness (QED) is 0.286. The molecule has 0 unspecified atom stereocenters. The van der Waals surface area contributed by atoms with E-state index in [4.69, 9.17) is 16.6 Å². The van der Waals surface area contributed by atoms with Gasteiger partial charge in [0, 0.05) is 37.6 Å². The number of hydrogen-bond acceptors (Lipinski definition) is 1. The molecule has 6 rings (SSSR count). The average molecular weight is 393 g/mol. The molecule has 0 amide bonds. The van der Waals surface area contributed by atoms with Gasteiger partial charge < -0.3 is 4.98 Å². The molecule has 2 nitrogen and oxygen atoms in total. The molecule has 3 heteroatoms. The number of nitrogens with one attached hydrogen (secondary N) is 1. The maximum Gasteiger partial charge on any atom is 0.0957 e. The summed E-state index contributed by atoms with van der Waals surface area (Å²) in [5, 5.41) is 5.38. The molecule has 2 aromatic heterocycles. The Balaban J connectivity index is 1.86. The summed E-state index contributed by atoms with van der Waals surface area (Å²) in [4.78, 5) is 8.69. The van der Waals surface area contributed by atoms with Crippen LogP contribution in [-0.2, 0) is 0 Å². The number of H-pyrrole nitrogens is 1. The Hall–Kier alpha value is -3.36. The van der Waals surface area contributed by atoms with E-state index in [0.717, 1.165) is 37.9 Å². The van der Waals surface area contributed by atoms with Crippen molar-refractivity contribution in [2.75, 3.05) is 0 Å². The smallest absolute Gasteiger partial charge is 0.0957 e. The summed E-state index contributed by atoms with van der Waals surface area (Å²) in [6.45, 7) is 2.12. The van der Waals surface area contributed by atoms with Gasteiger partial charge in [-0.3, -0.25) is 0 Å². The zero-order chi connectivity index (χ0) is 19.5. The van der Waals surface area contributed by atoms with Crippen molar-refractivity contribution in [1.82, 2.24) is 9.97 Å². The molecule has 0 fully saturated rings. The summed E-state index contributed by atoms with van der Waals surface area (Å²) in [6.07, 6.45) is 0. The van der Waals surface area contributed by atoms with Crippen molar-refractivity contribution >= 4 is 55.2 Å². The first kappa shape index (κ1) is 16.6. The van der Waals surface area contributed by atoms with Crippen LogP contribution in [0.25, 0.3) is 54.7 Å². The Kier molecular flexibility index (Phi) is 3.47. The monoisotopic (exact) mass is 392 g/mol. The molecule has 0 aliphatic rings. The molecule has 1 N–H and O–H groups in total. The maximum absolute atomic E-state index is 6.37. The molecule has 29 heavy (non-hydrogen) atoms. The van der Waals surface area contributed by atoms with Crippen LogP contribution in [0, 0.1) is 6.92 Å². The van der Waals surface area contributed by atoms with Gasteiger partial charge in [-0.15, -0.1) is 0 Å². The predicted octanol–water partition coefficient (Wildman–Crippen LogP) is 7.65. The Morgan fingerprint density at radius 1 is 0.724 bits per heavy atom. The van der Waals surface area contributed by atoms with E-state index in [1.54, 1.807) is 0 Å². The summed E-state index contributed by atoms with van der Waals surface area (Å²) in [5.41, 5.74) is 7.75. The number of benzene rings is 4. The van der Waals surface area contributed by atoms with Crippen molar-refractivity contribution < 1.29 is 0 Å². The molecule has 0 saturated heterocycles. The number of rotatable bonds is 1. The van der Waals surface area contributed by atoms with Gasteiger partial charge in [-0.2, -0.15) is 0 Å². The molecule has 0 saturated carbocycles. The highest BCUT2D eigenvalue weighted by Gasteiger charge is 2.16. The molecule has 0 aliphatic carbocycles. The third kappa shape index (κ3) is 2.39. The number of nitrogens with zero attached hydrogens (tertiary/aromatic N) is 1. The second kappa shape index (κ2) is 6.07. The number of hydrogen-bond donors (Lipinski definition) is 1.